The lowest BCUT2D eigenvalue weighted by atomic mass is 10.2. The highest BCUT2D eigenvalue weighted by atomic mass is 16.1. The van der Waals surface area contributed by atoms with E-state index in [-0.39, 0.29) is 5.91 Å². The van der Waals surface area contributed by atoms with E-state index >= 15 is 0 Å². The van der Waals surface area contributed by atoms with Gasteiger partial charge in [-0.25, -0.2) is 0 Å². The third-order valence-electron chi connectivity index (χ3n) is 2.84. The molecule has 3 heteroatoms. The largest absolute Gasteiger partial charge is 0.348 e. The maximum absolute atomic E-state index is 11.8. The van der Waals surface area contributed by atoms with Crippen LogP contribution in [0.5, 0.6) is 0 Å². The summed E-state index contributed by atoms with van der Waals surface area (Å²) in [5, 5.41) is 3.02. The topological polar surface area (TPSA) is 42.0 Å². The maximum Gasteiger partial charge on any atom is 0.270 e. The minimum absolute atomic E-state index is 0.0365. The molecule has 1 heterocycles. The molecule has 0 aliphatic heterocycles. The summed E-state index contributed by atoms with van der Waals surface area (Å²) in [7, 11) is 0. The van der Waals surface area contributed by atoms with Crippen LogP contribution in [0, 0.1) is 6.92 Å². The van der Waals surface area contributed by atoms with Crippen molar-refractivity contribution in [3.63, 3.8) is 0 Å². The van der Waals surface area contributed by atoms with Gasteiger partial charge >= 0.3 is 0 Å². The van der Waals surface area contributed by atoms with Gasteiger partial charge in [0.1, 0.15) is 5.69 Å². The number of hydrogen-bond donors (Lipinski definition) is 1. The van der Waals surface area contributed by atoms with Gasteiger partial charge in [0.05, 0.1) is 0 Å². The molecule has 1 saturated carbocycles. The van der Waals surface area contributed by atoms with E-state index in [1.807, 2.05) is 19.1 Å². The van der Waals surface area contributed by atoms with Gasteiger partial charge in [-0.1, -0.05) is 12.8 Å². The van der Waals surface area contributed by atoms with Crippen molar-refractivity contribution in [2.24, 2.45) is 0 Å². The summed E-state index contributed by atoms with van der Waals surface area (Å²) in [6, 6.07) is 4.08. The molecule has 0 atom stereocenters. The van der Waals surface area contributed by atoms with Crippen molar-refractivity contribution in [3.8, 4) is 0 Å². The lowest BCUT2D eigenvalue weighted by Crippen LogP contribution is -2.33. The van der Waals surface area contributed by atoms with Crippen LogP contribution in [-0.4, -0.2) is 16.9 Å². The van der Waals surface area contributed by atoms with Crippen LogP contribution in [0.3, 0.4) is 0 Å². The highest BCUT2D eigenvalue weighted by molar-refractivity contribution is 5.92. The Morgan fingerprint density at radius 2 is 2.20 bits per heavy atom. The molecule has 1 aliphatic carbocycles. The predicted molar refractivity (Wildman–Crippen MR) is 58.7 cm³/mol. The zero-order valence-electron chi connectivity index (χ0n) is 8.99. The lowest BCUT2D eigenvalue weighted by Gasteiger charge is -2.11. The average Bonchev–Trinajstić information content (AvgIpc) is 2.70. The van der Waals surface area contributed by atoms with Crippen molar-refractivity contribution in [3.05, 3.63) is 29.6 Å². The molecule has 0 bridgehead atoms. The number of aryl methyl sites for hydroxylation is 1. The number of amides is 1. The Hall–Kier alpha value is -1.38. The first-order chi connectivity index (χ1) is 7.25. The molecule has 15 heavy (non-hydrogen) atoms. The van der Waals surface area contributed by atoms with Crippen LogP contribution in [0.2, 0.25) is 0 Å². The molecule has 0 aromatic carbocycles. The summed E-state index contributed by atoms with van der Waals surface area (Å²) < 4.78 is 0. The van der Waals surface area contributed by atoms with Crippen molar-refractivity contribution < 1.29 is 4.79 Å². The van der Waals surface area contributed by atoms with Crippen LogP contribution < -0.4 is 5.32 Å². The minimum atomic E-state index is -0.0365. The lowest BCUT2D eigenvalue weighted by molar-refractivity contribution is 0.0933. The van der Waals surface area contributed by atoms with Crippen LogP contribution in [0.25, 0.3) is 0 Å². The number of pyridine rings is 1. The summed E-state index contributed by atoms with van der Waals surface area (Å²) in [6.45, 7) is 1.97. The monoisotopic (exact) mass is 204 g/mol. The third-order valence-corrected chi connectivity index (χ3v) is 2.84. The Morgan fingerprint density at radius 3 is 2.87 bits per heavy atom. The van der Waals surface area contributed by atoms with Crippen molar-refractivity contribution in [1.82, 2.24) is 10.3 Å². The summed E-state index contributed by atoms with van der Waals surface area (Å²) in [4.78, 5) is 15.8. The number of aromatic nitrogens is 1. The maximum atomic E-state index is 11.8. The van der Waals surface area contributed by atoms with Gasteiger partial charge in [-0.2, -0.15) is 0 Å². The van der Waals surface area contributed by atoms with E-state index in [1.165, 1.54) is 12.8 Å². The molecule has 3 nitrogen and oxygen atoms in total. The number of hydrogen-bond acceptors (Lipinski definition) is 2. The number of carbonyl (C=O) groups is 1. The molecule has 1 aliphatic rings. The smallest absolute Gasteiger partial charge is 0.270 e. The zero-order valence-corrected chi connectivity index (χ0v) is 8.99. The molecule has 1 aromatic heterocycles. The summed E-state index contributed by atoms with van der Waals surface area (Å²) >= 11 is 0. The first kappa shape index (κ1) is 10.1. The van der Waals surface area contributed by atoms with Crippen molar-refractivity contribution in [1.29, 1.82) is 0 Å². The van der Waals surface area contributed by atoms with E-state index in [4.69, 9.17) is 0 Å². The second kappa shape index (κ2) is 4.43. The fourth-order valence-electron chi connectivity index (χ4n) is 1.99. The van der Waals surface area contributed by atoms with Crippen molar-refractivity contribution in [2.75, 3.05) is 0 Å². The number of nitrogens with zero attached hydrogens (tertiary/aromatic N) is 1. The highest BCUT2D eigenvalue weighted by Gasteiger charge is 2.18. The molecule has 1 amide bonds. The van der Waals surface area contributed by atoms with E-state index in [0.29, 0.717) is 11.7 Å². The molecule has 0 spiro atoms. The van der Waals surface area contributed by atoms with E-state index in [9.17, 15) is 4.79 Å². The quantitative estimate of drug-likeness (QED) is 0.801. The van der Waals surface area contributed by atoms with Crippen LogP contribution >= 0.6 is 0 Å². The van der Waals surface area contributed by atoms with Crippen LogP contribution in [0.15, 0.2) is 18.3 Å². The first-order valence-electron chi connectivity index (χ1n) is 5.49. The zero-order chi connectivity index (χ0) is 10.7. The van der Waals surface area contributed by atoms with Crippen LogP contribution in [0.4, 0.5) is 0 Å². The van der Waals surface area contributed by atoms with E-state index < -0.39 is 0 Å². The molecule has 1 fully saturated rings. The van der Waals surface area contributed by atoms with Gasteiger partial charge in [-0.05, 0) is 37.5 Å². The van der Waals surface area contributed by atoms with E-state index in [1.54, 1.807) is 6.20 Å². The predicted octanol–water partition coefficient (Wildman–Crippen LogP) is 2.06. The highest BCUT2D eigenvalue weighted by Crippen LogP contribution is 2.17. The Bertz CT molecular complexity index is 356. The van der Waals surface area contributed by atoms with Crippen LogP contribution in [0.1, 0.15) is 41.7 Å². The Morgan fingerprint density at radius 1 is 1.47 bits per heavy atom. The first-order valence-corrected chi connectivity index (χ1v) is 5.49. The minimum Gasteiger partial charge on any atom is -0.348 e. The fourth-order valence-corrected chi connectivity index (χ4v) is 1.99. The van der Waals surface area contributed by atoms with Gasteiger partial charge in [-0.15, -0.1) is 0 Å². The average molecular weight is 204 g/mol. The van der Waals surface area contributed by atoms with Gasteiger partial charge in [0.15, 0.2) is 0 Å². The molecule has 1 aromatic rings. The van der Waals surface area contributed by atoms with E-state index in [2.05, 4.69) is 10.3 Å². The molecule has 80 valence electrons. The molecular formula is C12H16N2O. The number of rotatable bonds is 2. The molecular weight excluding hydrogens is 188 g/mol. The fraction of sp³-hybridized carbons (Fsp3) is 0.500. The van der Waals surface area contributed by atoms with E-state index in [0.717, 1.165) is 18.4 Å². The molecule has 0 saturated heterocycles. The summed E-state index contributed by atoms with van der Waals surface area (Å²) in [6.07, 6.45) is 6.35. The number of carbonyl (C=O) groups excluding carboxylic acids is 1. The van der Waals surface area contributed by atoms with Gasteiger partial charge < -0.3 is 5.32 Å². The van der Waals surface area contributed by atoms with Crippen molar-refractivity contribution in [2.45, 2.75) is 38.6 Å². The normalized spacial score (nSPS) is 16.6. The molecule has 0 radical (unpaired) electrons. The van der Waals surface area contributed by atoms with Gasteiger partial charge in [0, 0.05) is 12.2 Å². The second-order valence-corrected chi connectivity index (χ2v) is 4.17. The van der Waals surface area contributed by atoms with Crippen LogP contribution in [-0.2, 0) is 0 Å². The summed E-state index contributed by atoms with van der Waals surface area (Å²) in [5.41, 5.74) is 1.60. The summed E-state index contributed by atoms with van der Waals surface area (Å²) in [5.74, 6) is -0.0365. The van der Waals surface area contributed by atoms with Gasteiger partial charge in [0.25, 0.3) is 5.91 Å². The molecule has 0 unspecified atom stereocenters. The second-order valence-electron chi connectivity index (χ2n) is 4.17. The van der Waals surface area contributed by atoms with Gasteiger partial charge in [-0.3, -0.25) is 9.78 Å². The Labute approximate surface area is 89.9 Å². The Balaban J connectivity index is 2.01. The van der Waals surface area contributed by atoms with Crippen molar-refractivity contribution >= 4 is 5.91 Å². The standard InChI is InChI=1S/C12H16N2O/c1-9-6-7-13-11(8-9)12(15)14-10-4-2-3-5-10/h6-8,10H,2-5H2,1H3,(H,14,15). The third kappa shape index (κ3) is 2.55. The number of nitrogens with one attached hydrogen (secondary N) is 1. The molecule has 2 rings (SSSR count). The molecule has 1 N–H and O–H groups in total. The SMILES string of the molecule is Cc1ccnc(C(=O)NC2CCCC2)c1. The Kier molecular flexibility index (Phi) is 2.99. The van der Waals surface area contributed by atoms with Gasteiger partial charge in [0.2, 0.25) is 0 Å².